The van der Waals surface area contributed by atoms with Crippen molar-refractivity contribution in [2.24, 2.45) is 0 Å². The van der Waals surface area contributed by atoms with Gasteiger partial charge in [-0.1, -0.05) is 206 Å². The van der Waals surface area contributed by atoms with E-state index in [-0.39, 0.29) is 12.7 Å². The molecule has 0 heterocycles. The third-order valence-corrected chi connectivity index (χ3v) is 9.00. The van der Waals surface area contributed by atoms with Gasteiger partial charge in [0.1, 0.15) is 6.10 Å². The van der Waals surface area contributed by atoms with Gasteiger partial charge >= 0.3 is 0 Å². The van der Waals surface area contributed by atoms with Crippen molar-refractivity contribution in [3.05, 3.63) is 0 Å². The molecule has 254 valence electrons. The molecule has 0 saturated heterocycles. The lowest BCUT2D eigenvalue weighted by molar-refractivity contribution is -0.0437. The predicted octanol–water partition coefficient (Wildman–Crippen LogP) is 12.9. The maximum atomic E-state index is 9.60. The van der Waals surface area contributed by atoms with E-state index >= 15 is 0 Å². The van der Waals surface area contributed by atoms with Crippen LogP contribution in [0, 0.1) is 0 Å². The summed E-state index contributed by atoms with van der Waals surface area (Å²) in [5.41, 5.74) is 0. The molecule has 0 aromatic rings. The van der Waals surface area contributed by atoms with E-state index in [0.717, 1.165) is 26.1 Å². The summed E-state index contributed by atoms with van der Waals surface area (Å²) in [6.07, 6.45) is 44.3. The van der Waals surface area contributed by atoms with Gasteiger partial charge in [0.15, 0.2) is 0 Å². The maximum Gasteiger partial charge on any atom is 0.104 e. The summed E-state index contributed by atoms with van der Waals surface area (Å²) < 4.78 is 11.7. The van der Waals surface area contributed by atoms with E-state index in [1.165, 1.54) is 193 Å². The van der Waals surface area contributed by atoms with Crippen LogP contribution in [0.1, 0.15) is 219 Å². The SMILES string of the molecule is CCCCCCCCCCCCCCCCCCOC[C@H](CO)OCCCCCCCCCCCCCCCCCC. The number of hydrogen-bond acceptors (Lipinski definition) is 3. The molecule has 0 aliphatic rings. The van der Waals surface area contributed by atoms with Gasteiger partial charge in [-0.3, -0.25) is 0 Å². The first-order chi connectivity index (χ1) is 20.8. The second-order valence-corrected chi connectivity index (χ2v) is 13.4. The van der Waals surface area contributed by atoms with Gasteiger partial charge < -0.3 is 14.6 Å². The summed E-state index contributed by atoms with van der Waals surface area (Å²) >= 11 is 0. The van der Waals surface area contributed by atoms with Crippen molar-refractivity contribution in [1.82, 2.24) is 0 Å². The summed E-state index contributed by atoms with van der Waals surface area (Å²) in [4.78, 5) is 0. The number of ether oxygens (including phenoxy) is 2. The standard InChI is InChI=1S/C39H80O3/c1-3-5-7-9-11-13-15-17-19-21-23-25-27-29-31-33-35-41-38-39(37-40)42-36-34-32-30-28-26-24-22-20-18-16-14-12-10-8-6-4-2/h39-40H,3-38H2,1-2H3/t39-/m0/s1. The molecule has 0 aliphatic heterocycles. The van der Waals surface area contributed by atoms with Crippen molar-refractivity contribution in [1.29, 1.82) is 0 Å². The van der Waals surface area contributed by atoms with E-state index < -0.39 is 0 Å². The van der Waals surface area contributed by atoms with Gasteiger partial charge in [0.05, 0.1) is 13.2 Å². The first-order valence-corrected chi connectivity index (χ1v) is 19.6. The van der Waals surface area contributed by atoms with Crippen LogP contribution in [0.3, 0.4) is 0 Å². The van der Waals surface area contributed by atoms with Crippen molar-refractivity contribution >= 4 is 0 Å². The number of hydrogen-bond donors (Lipinski definition) is 1. The molecule has 0 rings (SSSR count). The molecule has 0 unspecified atom stereocenters. The van der Waals surface area contributed by atoms with Crippen LogP contribution in [0.4, 0.5) is 0 Å². The van der Waals surface area contributed by atoms with Crippen LogP contribution in [-0.4, -0.2) is 37.6 Å². The van der Waals surface area contributed by atoms with Crippen LogP contribution in [0.2, 0.25) is 0 Å². The Hall–Kier alpha value is -0.120. The van der Waals surface area contributed by atoms with E-state index in [2.05, 4.69) is 13.8 Å². The molecule has 1 atom stereocenters. The quantitative estimate of drug-likeness (QED) is 0.0720. The molecule has 3 heteroatoms. The zero-order chi connectivity index (χ0) is 30.4. The second kappa shape index (κ2) is 38.9. The van der Waals surface area contributed by atoms with Crippen LogP contribution < -0.4 is 0 Å². The molecule has 42 heavy (non-hydrogen) atoms. The van der Waals surface area contributed by atoms with Crippen molar-refractivity contribution in [3.63, 3.8) is 0 Å². The zero-order valence-corrected chi connectivity index (χ0v) is 29.3. The molecular formula is C39H80O3. The molecule has 3 nitrogen and oxygen atoms in total. The fourth-order valence-corrected chi connectivity index (χ4v) is 6.02. The van der Waals surface area contributed by atoms with Crippen LogP contribution in [0.25, 0.3) is 0 Å². The fourth-order valence-electron chi connectivity index (χ4n) is 6.02. The molecule has 0 saturated carbocycles. The maximum absolute atomic E-state index is 9.60. The summed E-state index contributed by atoms with van der Waals surface area (Å²) in [5, 5.41) is 9.60. The molecular weight excluding hydrogens is 516 g/mol. The largest absolute Gasteiger partial charge is 0.394 e. The Morgan fingerprint density at radius 2 is 0.619 bits per heavy atom. The van der Waals surface area contributed by atoms with E-state index in [4.69, 9.17) is 9.47 Å². The summed E-state index contributed by atoms with van der Waals surface area (Å²) in [6.45, 7) is 6.75. The molecule has 0 aliphatic carbocycles. The minimum atomic E-state index is -0.151. The highest BCUT2D eigenvalue weighted by Crippen LogP contribution is 2.15. The van der Waals surface area contributed by atoms with Crippen molar-refractivity contribution in [2.75, 3.05) is 26.4 Å². The number of aliphatic hydroxyl groups excluding tert-OH is 1. The Morgan fingerprint density at radius 1 is 0.357 bits per heavy atom. The molecule has 0 bridgehead atoms. The fraction of sp³-hybridized carbons (Fsp3) is 1.00. The third-order valence-electron chi connectivity index (χ3n) is 9.00. The average molecular weight is 597 g/mol. The van der Waals surface area contributed by atoms with E-state index in [1.807, 2.05) is 0 Å². The smallest absolute Gasteiger partial charge is 0.104 e. The highest BCUT2D eigenvalue weighted by Gasteiger charge is 2.07. The average Bonchev–Trinajstić information content (AvgIpc) is 3.00. The highest BCUT2D eigenvalue weighted by atomic mass is 16.5. The van der Waals surface area contributed by atoms with Crippen LogP contribution in [-0.2, 0) is 9.47 Å². The van der Waals surface area contributed by atoms with Crippen molar-refractivity contribution in [2.45, 2.75) is 225 Å². The number of aliphatic hydroxyl groups is 1. The van der Waals surface area contributed by atoms with Crippen LogP contribution in [0.5, 0.6) is 0 Å². The third kappa shape index (κ3) is 36.1. The lowest BCUT2D eigenvalue weighted by Gasteiger charge is -2.15. The Kier molecular flexibility index (Phi) is 38.8. The normalized spacial score (nSPS) is 12.4. The van der Waals surface area contributed by atoms with Gasteiger partial charge in [-0.25, -0.2) is 0 Å². The van der Waals surface area contributed by atoms with Gasteiger partial charge in [0.25, 0.3) is 0 Å². The molecule has 0 aromatic heterocycles. The number of rotatable bonds is 38. The molecule has 0 radical (unpaired) electrons. The van der Waals surface area contributed by atoms with Gasteiger partial charge in [-0.2, -0.15) is 0 Å². The topological polar surface area (TPSA) is 38.7 Å². The van der Waals surface area contributed by atoms with E-state index in [1.54, 1.807) is 0 Å². The summed E-state index contributed by atoms with van der Waals surface area (Å²) in [5.74, 6) is 0. The van der Waals surface area contributed by atoms with Crippen molar-refractivity contribution in [3.8, 4) is 0 Å². The van der Waals surface area contributed by atoms with Gasteiger partial charge in [0, 0.05) is 13.2 Å². The zero-order valence-electron chi connectivity index (χ0n) is 29.3. The van der Waals surface area contributed by atoms with Gasteiger partial charge in [-0.15, -0.1) is 0 Å². The van der Waals surface area contributed by atoms with Gasteiger partial charge in [0.2, 0.25) is 0 Å². The first-order valence-electron chi connectivity index (χ1n) is 19.6. The lowest BCUT2D eigenvalue weighted by Crippen LogP contribution is -2.24. The van der Waals surface area contributed by atoms with E-state index in [9.17, 15) is 5.11 Å². The van der Waals surface area contributed by atoms with Crippen LogP contribution in [0.15, 0.2) is 0 Å². The monoisotopic (exact) mass is 597 g/mol. The second-order valence-electron chi connectivity index (χ2n) is 13.4. The van der Waals surface area contributed by atoms with Crippen molar-refractivity contribution < 1.29 is 14.6 Å². The summed E-state index contributed by atoms with van der Waals surface area (Å²) in [7, 11) is 0. The minimum absolute atomic E-state index is 0.0673. The van der Waals surface area contributed by atoms with Gasteiger partial charge in [-0.05, 0) is 12.8 Å². The number of unbranched alkanes of at least 4 members (excludes halogenated alkanes) is 30. The van der Waals surface area contributed by atoms with E-state index in [0.29, 0.717) is 6.61 Å². The summed E-state index contributed by atoms with van der Waals surface area (Å²) in [6, 6.07) is 0. The van der Waals surface area contributed by atoms with Crippen LogP contribution >= 0.6 is 0 Å². The lowest BCUT2D eigenvalue weighted by atomic mass is 10.0. The molecule has 0 aromatic carbocycles. The highest BCUT2D eigenvalue weighted by molar-refractivity contribution is 4.56. The Balaban J connectivity index is 3.24. The molecule has 1 N–H and O–H groups in total. The Morgan fingerprint density at radius 3 is 0.905 bits per heavy atom. The Bertz CT molecular complexity index is 455. The predicted molar refractivity (Wildman–Crippen MR) is 187 cm³/mol. The molecule has 0 amide bonds. The minimum Gasteiger partial charge on any atom is -0.394 e. The first kappa shape index (κ1) is 41.9. The molecule has 0 fully saturated rings. The Labute approximate surface area is 266 Å². The molecule has 0 spiro atoms.